The summed E-state index contributed by atoms with van der Waals surface area (Å²) in [7, 11) is 0. The molecule has 0 aliphatic carbocycles. The third kappa shape index (κ3) is 2.17. The van der Waals surface area contributed by atoms with Crippen molar-refractivity contribution < 1.29 is 0 Å². The zero-order chi connectivity index (χ0) is 17.0. The quantitative estimate of drug-likeness (QED) is 0.255. The van der Waals surface area contributed by atoms with E-state index in [0.717, 1.165) is 36.8 Å². The van der Waals surface area contributed by atoms with Gasteiger partial charge in [-0.3, -0.25) is 4.40 Å². The second-order valence-corrected chi connectivity index (χ2v) is 7.67. The van der Waals surface area contributed by atoms with Crippen molar-refractivity contribution in [2.45, 2.75) is 0 Å². The Balaban J connectivity index is 2.05. The number of hydrogen-bond acceptors (Lipinski definition) is 1. The first-order valence-corrected chi connectivity index (χ1v) is 9.55. The van der Waals surface area contributed by atoms with Gasteiger partial charge in [-0.15, -0.1) is 0 Å². The molecule has 5 rings (SSSR count). The van der Waals surface area contributed by atoms with Crippen LogP contribution in [0.25, 0.3) is 38.6 Å². The summed E-state index contributed by atoms with van der Waals surface area (Å²) < 4.78 is 4.34. The van der Waals surface area contributed by atoms with Gasteiger partial charge in [-0.05, 0) is 23.6 Å². The third-order valence-electron chi connectivity index (χ3n) is 4.58. The topological polar surface area (TPSA) is 17.3 Å². The normalized spacial score (nSPS) is 11.6. The summed E-state index contributed by atoms with van der Waals surface area (Å²) in [6.45, 7) is 0. The van der Waals surface area contributed by atoms with Crippen LogP contribution in [0, 0.1) is 0 Å². The molecule has 0 saturated heterocycles. The van der Waals surface area contributed by atoms with Crippen LogP contribution in [0.1, 0.15) is 0 Å². The molecule has 0 aliphatic heterocycles. The zero-order valence-corrected chi connectivity index (χ0v) is 16.3. The van der Waals surface area contributed by atoms with Gasteiger partial charge in [-0.2, -0.15) is 0 Å². The van der Waals surface area contributed by atoms with Crippen LogP contribution in [-0.2, 0) is 0 Å². The van der Waals surface area contributed by atoms with Crippen molar-refractivity contribution in [2.75, 3.05) is 0 Å². The van der Waals surface area contributed by atoms with Crippen LogP contribution in [0.2, 0.25) is 0 Å². The highest BCUT2D eigenvalue weighted by atomic mass is 79.9. The Morgan fingerprint density at radius 1 is 0.680 bits per heavy atom. The van der Waals surface area contributed by atoms with Gasteiger partial charge in [0.15, 0.2) is 0 Å². The molecule has 120 valence electrons. The number of imidazole rings is 1. The van der Waals surface area contributed by atoms with E-state index in [2.05, 4.69) is 96.9 Å². The first-order chi connectivity index (χ1) is 12.3. The molecule has 0 bridgehead atoms. The van der Waals surface area contributed by atoms with Gasteiger partial charge >= 0.3 is 0 Å². The fourth-order valence-electron chi connectivity index (χ4n) is 3.51. The van der Waals surface area contributed by atoms with Crippen LogP contribution >= 0.6 is 31.9 Å². The molecule has 5 aromatic rings. The summed E-state index contributed by atoms with van der Waals surface area (Å²) in [5.41, 5.74) is 4.31. The van der Waals surface area contributed by atoms with E-state index in [-0.39, 0.29) is 0 Å². The van der Waals surface area contributed by atoms with Crippen molar-refractivity contribution >= 4 is 59.2 Å². The lowest BCUT2D eigenvalue weighted by atomic mass is 10.1. The second kappa shape index (κ2) is 5.68. The van der Waals surface area contributed by atoms with Gasteiger partial charge < -0.3 is 0 Å². The first kappa shape index (κ1) is 15.1. The van der Waals surface area contributed by atoms with Gasteiger partial charge in [0, 0.05) is 25.3 Å². The second-order valence-electron chi connectivity index (χ2n) is 5.96. The SMILES string of the molecule is Brc1cccc(Br)c1-c1cnc2c3ccccc3c3ccccc3n12. The number of rotatable bonds is 1. The minimum Gasteiger partial charge on any atom is -0.292 e. The minimum absolute atomic E-state index is 0.979. The molecule has 0 aliphatic rings. The predicted molar refractivity (Wildman–Crippen MR) is 111 cm³/mol. The number of para-hydroxylation sites is 1. The number of fused-ring (bicyclic) bond motifs is 6. The number of aromatic nitrogens is 2. The predicted octanol–water partition coefficient (Wildman–Crippen LogP) is 6.83. The maximum absolute atomic E-state index is 4.78. The summed E-state index contributed by atoms with van der Waals surface area (Å²) in [6.07, 6.45) is 1.96. The van der Waals surface area contributed by atoms with Crippen LogP contribution in [0.5, 0.6) is 0 Å². The number of halogens is 2. The first-order valence-electron chi connectivity index (χ1n) is 7.97. The molecule has 0 radical (unpaired) electrons. The third-order valence-corrected chi connectivity index (χ3v) is 5.91. The molecule has 0 spiro atoms. The lowest BCUT2D eigenvalue weighted by Gasteiger charge is -2.12. The van der Waals surface area contributed by atoms with Gasteiger partial charge in [0.25, 0.3) is 0 Å². The van der Waals surface area contributed by atoms with E-state index in [0.29, 0.717) is 0 Å². The van der Waals surface area contributed by atoms with E-state index in [1.54, 1.807) is 0 Å². The summed E-state index contributed by atoms with van der Waals surface area (Å²) in [6, 6.07) is 23.1. The maximum Gasteiger partial charge on any atom is 0.145 e. The lowest BCUT2D eigenvalue weighted by Crippen LogP contribution is -1.94. The van der Waals surface area contributed by atoms with E-state index in [1.807, 2.05) is 12.3 Å². The number of hydrogen-bond donors (Lipinski definition) is 0. The average Bonchev–Trinajstić information content (AvgIpc) is 3.07. The molecule has 2 heterocycles. The van der Waals surface area contributed by atoms with E-state index in [4.69, 9.17) is 4.98 Å². The molecule has 0 amide bonds. The molecule has 3 aromatic carbocycles. The van der Waals surface area contributed by atoms with Crippen LogP contribution in [-0.4, -0.2) is 9.38 Å². The highest BCUT2D eigenvalue weighted by Gasteiger charge is 2.17. The Labute approximate surface area is 161 Å². The molecule has 2 aromatic heterocycles. The minimum atomic E-state index is 0.979. The number of pyridine rings is 1. The van der Waals surface area contributed by atoms with E-state index >= 15 is 0 Å². The number of benzene rings is 3. The standard InChI is InChI=1S/C21H12Br2N2/c22-16-9-5-10-17(23)20(16)19-12-24-21-15-8-2-1-6-13(15)14-7-3-4-11-18(14)25(19)21/h1-12H. The van der Waals surface area contributed by atoms with Gasteiger partial charge in [0.2, 0.25) is 0 Å². The fraction of sp³-hybridized carbons (Fsp3) is 0. The van der Waals surface area contributed by atoms with Crippen molar-refractivity contribution in [3.8, 4) is 11.3 Å². The van der Waals surface area contributed by atoms with Crippen molar-refractivity contribution in [2.24, 2.45) is 0 Å². The van der Waals surface area contributed by atoms with Crippen molar-refractivity contribution in [1.29, 1.82) is 0 Å². The molecule has 0 N–H and O–H groups in total. The van der Waals surface area contributed by atoms with Crippen LogP contribution in [0.15, 0.2) is 81.9 Å². The Morgan fingerprint density at radius 2 is 1.32 bits per heavy atom. The van der Waals surface area contributed by atoms with Crippen molar-refractivity contribution in [3.63, 3.8) is 0 Å². The van der Waals surface area contributed by atoms with Crippen molar-refractivity contribution in [3.05, 3.63) is 81.9 Å². The van der Waals surface area contributed by atoms with E-state index in [1.165, 1.54) is 10.8 Å². The molecule has 2 nitrogen and oxygen atoms in total. The summed E-state index contributed by atoms with van der Waals surface area (Å²) in [5, 5.41) is 3.62. The molecule has 25 heavy (non-hydrogen) atoms. The summed E-state index contributed by atoms with van der Waals surface area (Å²) in [4.78, 5) is 4.78. The van der Waals surface area contributed by atoms with Crippen LogP contribution in [0.4, 0.5) is 0 Å². The van der Waals surface area contributed by atoms with E-state index in [9.17, 15) is 0 Å². The number of nitrogens with zero attached hydrogens (tertiary/aromatic N) is 2. The Bertz CT molecular complexity index is 1250. The zero-order valence-electron chi connectivity index (χ0n) is 13.1. The largest absolute Gasteiger partial charge is 0.292 e. The Kier molecular flexibility index (Phi) is 3.43. The smallest absolute Gasteiger partial charge is 0.145 e. The average molecular weight is 452 g/mol. The van der Waals surface area contributed by atoms with Gasteiger partial charge in [0.05, 0.1) is 17.4 Å². The van der Waals surface area contributed by atoms with Crippen LogP contribution in [0.3, 0.4) is 0 Å². The molecule has 0 atom stereocenters. The molecule has 0 saturated carbocycles. The maximum atomic E-state index is 4.78. The van der Waals surface area contributed by atoms with Crippen molar-refractivity contribution in [1.82, 2.24) is 9.38 Å². The fourth-order valence-corrected chi connectivity index (χ4v) is 4.92. The van der Waals surface area contributed by atoms with E-state index < -0.39 is 0 Å². The highest BCUT2D eigenvalue weighted by Crippen LogP contribution is 2.38. The molecular formula is C21H12Br2N2. The summed E-state index contributed by atoms with van der Waals surface area (Å²) in [5.74, 6) is 0. The highest BCUT2D eigenvalue weighted by molar-refractivity contribution is 9.11. The Morgan fingerprint density at radius 3 is 2.08 bits per heavy atom. The lowest BCUT2D eigenvalue weighted by molar-refractivity contribution is 1.27. The molecule has 4 heteroatoms. The van der Waals surface area contributed by atoms with Crippen LogP contribution < -0.4 is 0 Å². The molecule has 0 unspecified atom stereocenters. The van der Waals surface area contributed by atoms with Gasteiger partial charge in [-0.25, -0.2) is 4.98 Å². The van der Waals surface area contributed by atoms with Gasteiger partial charge in [0.1, 0.15) is 5.65 Å². The Hall–Kier alpha value is -2.17. The van der Waals surface area contributed by atoms with Gasteiger partial charge in [-0.1, -0.05) is 80.4 Å². The monoisotopic (exact) mass is 450 g/mol. The molecular weight excluding hydrogens is 440 g/mol. The molecule has 0 fully saturated rings. The summed E-state index contributed by atoms with van der Waals surface area (Å²) >= 11 is 7.39.